The molecular formula is C20H17ClN6S. The molecule has 6 nitrogen and oxygen atoms in total. The van der Waals surface area contributed by atoms with Crippen LogP contribution in [-0.4, -0.2) is 29.7 Å². The maximum atomic E-state index is 6.32. The Morgan fingerprint density at radius 1 is 1.00 bits per heavy atom. The van der Waals surface area contributed by atoms with Gasteiger partial charge in [0.05, 0.1) is 5.02 Å². The molecule has 0 unspecified atom stereocenters. The lowest BCUT2D eigenvalue weighted by molar-refractivity contribution is 0.791. The van der Waals surface area contributed by atoms with Gasteiger partial charge in [0.15, 0.2) is 16.8 Å². The molecular weight excluding hydrogens is 392 g/mol. The molecule has 0 saturated carbocycles. The minimum atomic E-state index is 0.641. The first-order chi connectivity index (χ1) is 13.5. The van der Waals surface area contributed by atoms with Gasteiger partial charge in [-0.1, -0.05) is 23.7 Å². The molecule has 3 heterocycles. The predicted molar refractivity (Wildman–Crippen MR) is 110 cm³/mol. The summed E-state index contributed by atoms with van der Waals surface area (Å²) in [5.74, 6) is 1.36. The van der Waals surface area contributed by atoms with Crippen LogP contribution in [0.4, 0.5) is 0 Å². The first-order valence-electron chi connectivity index (χ1n) is 8.62. The van der Waals surface area contributed by atoms with Gasteiger partial charge in [0.2, 0.25) is 0 Å². The lowest BCUT2D eigenvalue weighted by Gasteiger charge is -2.10. The van der Waals surface area contributed by atoms with Crippen LogP contribution < -0.4 is 0 Å². The summed E-state index contributed by atoms with van der Waals surface area (Å²) >= 11 is 7.78. The molecule has 4 aromatic rings. The lowest BCUT2D eigenvalue weighted by atomic mass is 10.2. The van der Waals surface area contributed by atoms with E-state index in [1.54, 1.807) is 12.4 Å². The maximum Gasteiger partial charge on any atom is 0.197 e. The fourth-order valence-electron chi connectivity index (χ4n) is 2.69. The van der Waals surface area contributed by atoms with Gasteiger partial charge < -0.3 is 4.57 Å². The second-order valence-corrected chi connectivity index (χ2v) is 7.61. The summed E-state index contributed by atoms with van der Waals surface area (Å²) in [5.41, 5.74) is 3.66. The Labute approximate surface area is 172 Å². The quantitative estimate of drug-likeness (QED) is 0.453. The smallest absolute Gasteiger partial charge is 0.197 e. The average Bonchev–Trinajstić information content (AvgIpc) is 3.06. The predicted octanol–water partition coefficient (Wildman–Crippen LogP) is 4.76. The molecule has 140 valence electrons. The Morgan fingerprint density at radius 3 is 2.57 bits per heavy atom. The van der Waals surface area contributed by atoms with Crippen LogP contribution >= 0.6 is 23.4 Å². The van der Waals surface area contributed by atoms with Crippen LogP contribution in [-0.2, 0) is 7.05 Å². The Kier molecular flexibility index (Phi) is 5.11. The average molecular weight is 409 g/mol. The van der Waals surface area contributed by atoms with Crippen LogP contribution in [0, 0.1) is 13.8 Å². The molecule has 0 spiro atoms. The van der Waals surface area contributed by atoms with E-state index < -0.39 is 0 Å². The molecule has 0 aliphatic rings. The van der Waals surface area contributed by atoms with Crippen molar-refractivity contribution >= 4 is 23.4 Å². The van der Waals surface area contributed by atoms with E-state index in [-0.39, 0.29) is 0 Å². The second kappa shape index (κ2) is 7.69. The van der Waals surface area contributed by atoms with E-state index in [2.05, 4.69) is 20.2 Å². The van der Waals surface area contributed by atoms with Gasteiger partial charge in [0.25, 0.3) is 0 Å². The summed E-state index contributed by atoms with van der Waals surface area (Å²) in [6.07, 6.45) is 3.49. The van der Waals surface area contributed by atoms with Gasteiger partial charge in [-0.2, -0.15) is 0 Å². The van der Waals surface area contributed by atoms with Gasteiger partial charge in [-0.25, -0.2) is 9.97 Å². The molecule has 0 aliphatic heterocycles. The number of nitrogens with zero attached hydrogens (tertiary/aromatic N) is 6. The Hall–Kier alpha value is -2.77. The molecule has 0 amide bonds. The number of hydrogen-bond donors (Lipinski definition) is 0. The third-order valence-electron chi connectivity index (χ3n) is 4.40. The van der Waals surface area contributed by atoms with Crippen molar-refractivity contribution in [2.24, 2.45) is 7.05 Å². The number of pyridine rings is 1. The molecule has 0 aliphatic carbocycles. The highest BCUT2D eigenvalue weighted by Crippen LogP contribution is 2.33. The number of aryl methyl sites for hydroxylation is 1. The monoisotopic (exact) mass is 408 g/mol. The van der Waals surface area contributed by atoms with E-state index in [0.717, 1.165) is 32.6 Å². The normalized spacial score (nSPS) is 11.0. The molecule has 0 radical (unpaired) electrons. The summed E-state index contributed by atoms with van der Waals surface area (Å²) in [6.45, 7) is 3.99. The van der Waals surface area contributed by atoms with E-state index in [1.165, 1.54) is 11.8 Å². The summed E-state index contributed by atoms with van der Waals surface area (Å²) in [7, 11) is 1.92. The standard InChI is InChI=1S/C20H17ClN6S/c1-12-13(2)23-17(14-7-6-10-22-11-14)24-19(12)28-20-26-25-18(27(20)3)15-8-4-5-9-16(15)21/h4-11H,1-3H3. The minimum absolute atomic E-state index is 0.641. The minimum Gasteiger partial charge on any atom is -0.305 e. The molecule has 0 fully saturated rings. The van der Waals surface area contributed by atoms with Crippen LogP contribution in [0.25, 0.3) is 22.8 Å². The maximum absolute atomic E-state index is 6.32. The highest BCUT2D eigenvalue weighted by Gasteiger charge is 2.17. The first kappa shape index (κ1) is 18.6. The number of aromatic nitrogens is 6. The van der Waals surface area contributed by atoms with Crippen LogP contribution in [0.2, 0.25) is 5.02 Å². The van der Waals surface area contributed by atoms with Crippen molar-refractivity contribution in [2.75, 3.05) is 0 Å². The molecule has 0 N–H and O–H groups in total. The van der Waals surface area contributed by atoms with Crippen molar-refractivity contribution in [1.29, 1.82) is 0 Å². The summed E-state index contributed by atoms with van der Waals surface area (Å²) < 4.78 is 1.92. The summed E-state index contributed by atoms with van der Waals surface area (Å²) in [4.78, 5) is 13.5. The van der Waals surface area contributed by atoms with Crippen LogP contribution in [0.3, 0.4) is 0 Å². The molecule has 1 aromatic carbocycles. The van der Waals surface area contributed by atoms with Gasteiger partial charge in [0, 0.05) is 41.8 Å². The first-order valence-corrected chi connectivity index (χ1v) is 9.82. The van der Waals surface area contributed by atoms with Gasteiger partial charge >= 0.3 is 0 Å². The van der Waals surface area contributed by atoms with Gasteiger partial charge in [-0.05, 0) is 49.9 Å². The van der Waals surface area contributed by atoms with Crippen molar-refractivity contribution < 1.29 is 0 Å². The highest BCUT2D eigenvalue weighted by molar-refractivity contribution is 7.99. The van der Waals surface area contributed by atoms with E-state index in [1.807, 2.05) is 61.9 Å². The topological polar surface area (TPSA) is 69.4 Å². The van der Waals surface area contributed by atoms with Gasteiger partial charge in [0.1, 0.15) is 5.03 Å². The van der Waals surface area contributed by atoms with Crippen molar-refractivity contribution in [2.45, 2.75) is 24.0 Å². The molecule has 8 heteroatoms. The number of rotatable bonds is 4. The van der Waals surface area contributed by atoms with E-state index in [0.29, 0.717) is 16.7 Å². The molecule has 3 aromatic heterocycles. The number of halogens is 1. The summed E-state index contributed by atoms with van der Waals surface area (Å²) in [5, 5.41) is 10.9. The fourth-order valence-corrected chi connectivity index (χ4v) is 3.82. The van der Waals surface area contributed by atoms with E-state index in [4.69, 9.17) is 16.6 Å². The highest BCUT2D eigenvalue weighted by atomic mass is 35.5. The molecule has 28 heavy (non-hydrogen) atoms. The third kappa shape index (κ3) is 3.50. The Balaban J connectivity index is 1.72. The molecule has 4 rings (SSSR count). The lowest BCUT2D eigenvalue weighted by Crippen LogP contribution is -2.00. The summed E-state index contributed by atoms with van der Waals surface area (Å²) in [6, 6.07) is 11.4. The van der Waals surface area contributed by atoms with Crippen molar-refractivity contribution in [3.05, 3.63) is 65.1 Å². The van der Waals surface area contributed by atoms with E-state index >= 15 is 0 Å². The molecule has 0 saturated heterocycles. The number of hydrogen-bond acceptors (Lipinski definition) is 6. The number of benzene rings is 1. The van der Waals surface area contributed by atoms with E-state index in [9.17, 15) is 0 Å². The van der Waals surface area contributed by atoms with Crippen molar-refractivity contribution in [1.82, 2.24) is 29.7 Å². The molecule has 0 bridgehead atoms. The second-order valence-electron chi connectivity index (χ2n) is 6.25. The van der Waals surface area contributed by atoms with Crippen molar-refractivity contribution in [3.8, 4) is 22.8 Å². The largest absolute Gasteiger partial charge is 0.305 e. The Morgan fingerprint density at radius 2 is 1.82 bits per heavy atom. The van der Waals surface area contributed by atoms with Gasteiger partial charge in [-0.15, -0.1) is 10.2 Å². The van der Waals surface area contributed by atoms with Crippen LogP contribution in [0.5, 0.6) is 0 Å². The van der Waals surface area contributed by atoms with Gasteiger partial charge in [-0.3, -0.25) is 4.98 Å². The van der Waals surface area contributed by atoms with Crippen LogP contribution in [0.1, 0.15) is 11.3 Å². The zero-order chi connectivity index (χ0) is 19.7. The Bertz CT molecular complexity index is 1140. The fraction of sp³-hybridized carbons (Fsp3) is 0.150. The SMILES string of the molecule is Cc1nc(-c2cccnc2)nc(Sc2nnc(-c3ccccc3Cl)n2C)c1C. The third-order valence-corrected chi connectivity index (χ3v) is 5.86. The van der Waals surface area contributed by atoms with Crippen LogP contribution in [0.15, 0.2) is 59.0 Å². The van der Waals surface area contributed by atoms with Crippen molar-refractivity contribution in [3.63, 3.8) is 0 Å². The molecule has 0 atom stereocenters. The zero-order valence-electron chi connectivity index (χ0n) is 15.6. The zero-order valence-corrected chi connectivity index (χ0v) is 17.2.